The molecule has 0 fully saturated rings. The third-order valence-corrected chi connectivity index (χ3v) is 3.01. The molecule has 19 heavy (non-hydrogen) atoms. The summed E-state index contributed by atoms with van der Waals surface area (Å²) in [6.07, 6.45) is 9.74. The largest absolute Gasteiger partial charge is 0.481 e. The number of carboxylic acid groups (broad SMARTS) is 1. The third-order valence-electron chi connectivity index (χ3n) is 3.01. The first-order valence-electron chi connectivity index (χ1n) is 6.56. The Kier molecular flexibility index (Phi) is 6.06. The molecule has 2 N–H and O–H groups in total. The molecule has 4 heteroatoms. The molecule has 0 aromatic carbocycles. The number of aliphatic carboxylic acids is 1. The van der Waals surface area contributed by atoms with E-state index < -0.39 is 5.97 Å². The molecule has 0 heterocycles. The Bertz CT molecular complexity index is 433. The van der Waals surface area contributed by atoms with Crippen molar-refractivity contribution in [2.24, 2.45) is 5.92 Å². The van der Waals surface area contributed by atoms with E-state index in [4.69, 9.17) is 5.11 Å². The van der Waals surface area contributed by atoms with E-state index in [-0.39, 0.29) is 24.7 Å². The molecule has 1 amide bonds. The van der Waals surface area contributed by atoms with Crippen LogP contribution in [-0.4, -0.2) is 17.0 Å². The predicted molar refractivity (Wildman–Crippen MR) is 74.4 cm³/mol. The van der Waals surface area contributed by atoms with E-state index in [1.54, 1.807) is 0 Å². The average molecular weight is 263 g/mol. The summed E-state index contributed by atoms with van der Waals surface area (Å²) in [4.78, 5) is 22.2. The van der Waals surface area contributed by atoms with Gasteiger partial charge in [0.1, 0.15) is 0 Å². The van der Waals surface area contributed by atoms with Gasteiger partial charge in [0.2, 0.25) is 5.91 Å². The zero-order valence-corrected chi connectivity index (χ0v) is 11.5. The number of hydrogen-bond donors (Lipinski definition) is 2. The Labute approximate surface area is 113 Å². The van der Waals surface area contributed by atoms with Crippen LogP contribution in [0.3, 0.4) is 0 Å². The standard InChI is InChI=1S/C15H21NO3/c1-11-7-4-3-5-8-12(2)15(11)16-13(17)9-6-10-14(18)19/h4-5,7-8,11H,3,6,9-10H2,1-2H3,(H,16,17)(H,18,19)/b7-4?,8-5-,15-12+. The minimum Gasteiger partial charge on any atom is -0.481 e. The fraction of sp³-hybridized carbons (Fsp3) is 0.467. The third kappa shape index (κ3) is 5.55. The second-order valence-corrected chi connectivity index (χ2v) is 4.75. The minimum absolute atomic E-state index is 0.0286. The summed E-state index contributed by atoms with van der Waals surface area (Å²) in [5.41, 5.74) is 1.94. The number of carboxylic acids is 1. The van der Waals surface area contributed by atoms with Crippen molar-refractivity contribution in [1.29, 1.82) is 0 Å². The van der Waals surface area contributed by atoms with Crippen molar-refractivity contribution >= 4 is 11.9 Å². The minimum atomic E-state index is -0.867. The highest BCUT2D eigenvalue weighted by atomic mass is 16.4. The fourth-order valence-corrected chi connectivity index (χ4v) is 1.98. The Morgan fingerprint density at radius 1 is 1.37 bits per heavy atom. The lowest BCUT2D eigenvalue weighted by Gasteiger charge is -2.17. The highest BCUT2D eigenvalue weighted by Crippen LogP contribution is 2.18. The molecule has 1 rings (SSSR count). The number of carbonyl (C=O) groups is 2. The molecule has 0 saturated heterocycles. The molecule has 0 bridgehead atoms. The molecule has 0 spiro atoms. The summed E-state index contributed by atoms with van der Waals surface area (Å²) in [6.45, 7) is 4.01. The van der Waals surface area contributed by atoms with Crippen LogP contribution in [0.2, 0.25) is 0 Å². The van der Waals surface area contributed by atoms with Crippen molar-refractivity contribution in [3.05, 3.63) is 35.6 Å². The topological polar surface area (TPSA) is 66.4 Å². The number of rotatable bonds is 5. The molecule has 104 valence electrons. The lowest BCUT2D eigenvalue weighted by atomic mass is 9.99. The van der Waals surface area contributed by atoms with E-state index in [1.165, 1.54) is 0 Å². The van der Waals surface area contributed by atoms with Crippen molar-refractivity contribution in [3.8, 4) is 0 Å². The van der Waals surface area contributed by atoms with Crippen LogP contribution in [-0.2, 0) is 9.59 Å². The SMILES string of the molecule is CC1=C(\NC(=O)CCCC(=O)O)C(C)C=CC/C=C\1. The maximum absolute atomic E-state index is 11.8. The van der Waals surface area contributed by atoms with Gasteiger partial charge in [-0.25, -0.2) is 0 Å². The summed E-state index contributed by atoms with van der Waals surface area (Å²) < 4.78 is 0. The van der Waals surface area contributed by atoms with Gasteiger partial charge < -0.3 is 10.4 Å². The summed E-state index contributed by atoms with van der Waals surface area (Å²) in [5.74, 6) is -0.827. The first-order valence-corrected chi connectivity index (χ1v) is 6.56. The van der Waals surface area contributed by atoms with Crippen molar-refractivity contribution in [1.82, 2.24) is 5.32 Å². The molecule has 1 unspecified atom stereocenters. The highest BCUT2D eigenvalue weighted by Gasteiger charge is 2.13. The van der Waals surface area contributed by atoms with Gasteiger partial charge in [-0.05, 0) is 25.3 Å². The predicted octanol–water partition coefficient (Wildman–Crippen LogP) is 2.78. The zero-order chi connectivity index (χ0) is 14.3. The molecule has 1 atom stereocenters. The summed E-state index contributed by atoms with van der Waals surface area (Å²) in [7, 11) is 0. The maximum Gasteiger partial charge on any atom is 0.303 e. The van der Waals surface area contributed by atoms with Crippen molar-refractivity contribution in [2.45, 2.75) is 39.5 Å². The summed E-state index contributed by atoms with van der Waals surface area (Å²) in [5, 5.41) is 11.4. The molecule has 4 nitrogen and oxygen atoms in total. The molecule has 1 aliphatic carbocycles. The van der Waals surface area contributed by atoms with Gasteiger partial charge in [-0.15, -0.1) is 0 Å². The van der Waals surface area contributed by atoms with Gasteiger partial charge in [0.05, 0.1) is 0 Å². The second-order valence-electron chi connectivity index (χ2n) is 4.75. The maximum atomic E-state index is 11.8. The first-order chi connectivity index (χ1) is 9.00. The molecular weight excluding hydrogens is 242 g/mol. The van der Waals surface area contributed by atoms with Gasteiger partial charge in [0, 0.05) is 24.5 Å². The Balaban J connectivity index is 2.62. The van der Waals surface area contributed by atoms with Crippen LogP contribution in [0.1, 0.15) is 39.5 Å². The van der Waals surface area contributed by atoms with Gasteiger partial charge in [-0.3, -0.25) is 9.59 Å². The van der Waals surface area contributed by atoms with Crippen LogP contribution in [0.4, 0.5) is 0 Å². The monoisotopic (exact) mass is 263 g/mol. The quantitative estimate of drug-likeness (QED) is 0.749. The number of amides is 1. The average Bonchev–Trinajstić information content (AvgIpc) is 2.33. The summed E-state index contributed by atoms with van der Waals surface area (Å²) in [6, 6.07) is 0. The summed E-state index contributed by atoms with van der Waals surface area (Å²) >= 11 is 0. The van der Waals surface area contributed by atoms with Gasteiger partial charge in [-0.1, -0.05) is 31.2 Å². The Hall–Kier alpha value is -1.84. The number of nitrogens with one attached hydrogen (secondary N) is 1. The molecule has 0 radical (unpaired) electrons. The molecule has 0 aromatic heterocycles. The van der Waals surface area contributed by atoms with Crippen LogP contribution in [0, 0.1) is 5.92 Å². The van der Waals surface area contributed by atoms with E-state index >= 15 is 0 Å². The van der Waals surface area contributed by atoms with Crippen molar-refractivity contribution in [3.63, 3.8) is 0 Å². The van der Waals surface area contributed by atoms with Crippen LogP contribution < -0.4 is 5.32 Å². The molecule has 1 aliphatic rings. The first kappa shape index (κ1) is 15.2. The molecule has 0 aromatic rings. The van der Waals surface area contributed by atoms with Crippen LogP contribution >= 0.6 is 0 Å². The van der Waals surface area contributed by atoms with Crippen LogP contribution in [0.15, 0.2) is 35.6 Å². The Morgan fingerprint density at radius 2 is 2.11 bits per heavy atom. The van der Waals surface area contributed by atoms with Gasteiger partial charge in [0.15, 0.2) is 0 Å². The second kappa shape index (κ2) is 7.56. The van der Waals surface area contributed by atoms with Crippen molar-refractivity contribution < 1.29 is 14.7 Å². The van der Waals surface area contributed by atoms with Gasteiger partial charge in [0.25, 0.3) is 0 Å². The van der Waals surface area contributed by atoms with Crippen LogP contribution in [0.5, 0.6) is 0 Å². The molecule has 0 aliphatic heterocycles. The smallest absolute Gasteiger partial charge is 0.303 e. The van der Waals surface area contributed by atoms with Crippen LogP contribution in [0.25, 0.3) is 0 Å². The van der Waals surface area contributed by atoms with E-state index in [9.17, 15) is 9.59 Å². The number of carbonyl (C=O) groups excluding carboxylic acids is 1. The van der Waals surface area contributed by atoms with E-state index in [1.807, 2.05) is 26.0 Å². The number of allylic oxidation sites excluding steroid dienone is 5. The lowest BCUT2D eigenvalue weighted by molar-refractivity contribution is -0.137. The van der Waals surface area contributed by atoms with E-state index in [2.05, 4.69) is 17.5 Å². The normalized spacial score (nSPS) is 24.4. The molecular formula is C15H21NO3. The Morgan fingerprint density at radius 3 is 2.79 bits per heavy atom. The van der Waals surface area contributed by atoms with Gasteiger partial charge in [-0.2, -0.15) is 0 Å². The zero-order valence-electron chi connectivity index (χ0n) is 11.5. The number of hydrogen-bond acceptors (Lipinski definition) is 2. The fourth-order valence-electron chi connectivity index (χ4n) is 1.98. The van der Waals surface area contributed by atoms with Gasteiger partial charge >= 0.3 is 5.97 Å². The van der Waals surface area contributed by atoms with Crippen molar-refractivity contribution in [2.75, 3.05) is 0 Å². The van der Waals surface area contributed by atoms with E-state index in [0.717, 1.165) is 17.7 Å². The highest BCUT2D eigenvalue weighted by molar-refractivity contribution is 5.78. The lowest BCUT2D eigenvalue weighted by Crippen LogP contribution is -2.26. The molecule has 0 saturated carbocycles. The van der Waals surface area contributed by atoms with E-state index in [0.29, 0.717) is 6.42 Å².